The van der Waals surface area contributed by atoms with Gasteiger partial charge in [0.1, 0.15) is 28.9 Å². The van der Waals surface area contributed by atoms with Crippen LogP contribution < -0.4 is 20.9 Å². The lowest BCUT2D eigenvalue weighted by Gasteiger charge is -2.35. The molecule has 1 unspecified atom stereocenters. The second kappa shape index (κ2) is 19.9. The minimum absolute atomic E-state index is 0.00287. The highest BCUT2D eigenvalue weighted by atomic mass is 35.5. The van der Waals surface area contributed by atoms with Gasteiger partial charge in [-0.3, -0.25) is 39.0 Å². The number of nitrogens with one attached hydrogen (secondary N) is 3. The van der Waals surface area contributed by atoms with E-state index in [9.17, 15) is 38.3 Å². The summed E-state index contributed by atoms with van der Waals surface area (Å²) in [6, 6.07) is 8.75. The summed E-state index contributed by atoms with van der Waals surface area (Å²) in [5.41, 5.74) is -0.217. The Morgan fingerprint density at radius 2 is 1.66 bits per heavy atom. The SMILES string of the molecule is CC(=O)N1CCN(c2nc(NCCC(=O)N(C)CCOCCOCCNc3cccc4c3C(=O)N(C3CCC(=O)NC3=O)C4=O)nc3c(F)c(-c4c(O)cccc4F)c(Cl)cc23)CC1. The van der Waals surface area contributed by atoms with Gasteiger partial charge in [-0.2, -0.15) is 4.98 Å². The maximum absolute atomic E-state index is 16.4. The number of benzene rings is 3. The lowest BCUT2D eigenvalue weighted by molar-refractivity contribution is -0.136. The summed E-state index contributed by atoms with van der Waals surface area (Å²) >= 11 is 6.55. The van der Waals surface area contributed by atoms with Gasteiger partial charge < -0.3 is 39.9 Å². The number of anilines is 3. The molecular formula is C43H46ClF2N9O9. The molecule has 3 aromatic carbocycles. The number of rotatable bonds is 17. The minimum Gasteiger partial charge on any atom is -0.507 e. The zero-order valence-electron chi connectivity index (χ0n) is 35.0. The van der Waals surface area contributed by atoms with Gasteiger partial charge in [0.05, 0.1) is 48.1 Å². The van der Waals surface area contributed by atoms with Crippen molar-refractivity contribution in [3.05, 3.63) is 70.2 Å². The van der Waals surface area contributed by atoms with Gasteiger partial charge in [0.15, 0.2) is 5.82 Å². The second-order valence-corrected chi connectivity index (χ2v) is 15.7. The summed E-state index contributed by atoms with van der Waals surface area (Å²) in [5.74, 6) is -4.65. The van der Waals surface area contributed by atoms with E-state index in [0.29, 0.717) is 44.2 Å². The van der Waals surface area contributed by atoms with Gasteiger partial charge in [0, 0.05) is 89.3 Å². The molecule has 1 atom stereocenters. The van der Waals surface area contributed by atoms with Crippen LogP contribution in [-0.2, 0) is 28.7 Å². The van der Waals surface area contributed by atoms with E-state index in [2.05, 4.69) is 25.9 Å². The van der Waals surface area contributed by atoms with Crippen molar-refractivity contribution in [2.75, 3.05) is 94.8 Å². The zero-order chi connectivity index (χ0) is 45.7. The Morgan fingerprint density at radius 3 is 2.38 bits per heavy atom. The van der Waals surface area contributed by atoms with Crippen molar-refractivity contribution in [1.82, 2.24) is 30.0 Å². The summed E-state index contributed by atoms with van der Waals surface area (Å²) in [6.45, 7) is 4.66. The van der Waals surface area contributed by atoms with E-state index in [-0.39, 0.29) is 109 Å². The maximum atomic E-state index is 16.4. The highest BCUT2D eigenvalue weighted by Crippen LogP contribution is 2.42. The van der Waals surface area contributed by atoms with Crippen LogP contribution in [0.3, 0.4) is 0 Å². The quantitative estimate of drug-likeness (QED) is 0.0883. The number of ether oxygens (including phenoxy) is 2. The Labute approximate surface area is 370 Å². The number of likely N-dealkylation sites (N-methyl/N-ethyl adjacent to an activating group) is 1. The molecule has 2 fully saturated rings. The number of phenolic OH excluding ortho intramolecular Hbond substituents is 1. The topological polar surface area (TPSA) is 216 Å². The molecule has 0 saturated carbocycles. The summed E-state index contributed by atoms with van der Waals surface area (Å²) < 4.78 is 42.6. The molecule has 1 aromatic heterocycles. The number of nitrogens with zero attached hydrogens (tertiary/aromatic N) is 6. The number of fused-ring (bicyclic) bond motifs is 2. The van der Waals surface area contributed by atoms with Crippen molar-refractivity contribution in [2.24, 2.45) is 0 Å². The average molecular weight is 906 g/mol. The Balaban J connectivity index is 0.870. The third kappa shape index (κ3) is 9.68. The number of aromatic hydroxyl groups is 1. The fourth-order valence-corrected chi connectivity index (χ4v) is 8.05. The number of carbonyl (C=O) groups is 6. The first kappa shape index (κ1) is 45.5. The first-order valence-electron chi connectivity index (χ1n) is 20.6. The van der Waals surface area contributed by atoms with E-state index in [1.807, 2.05) is 4.90 Å². The fourth-order valence-electron chi connectivity index (χ4n) is 7.76. The summed E-state index contributed by atoms with van der Waals surface area (Å²) in [4.78, 5) is 90.3. The Hall–Kier alpha value is -6.51. The third-order valence-corrected chi connectivity index (χ3v) is 11.4. The maximum Gasteiger partial charge on any atom is 0.264 e. The Morgan fingerprint density at radius 1 is 0.922 bits per heavy atom. The van der Waals surface area contributed by atoms with Crippen LogP contribution in [0, 0.1) is 11.6 Å². The molecule has 0 aliphatic carbocycles. The molecule has 338 valence electrons. The van der Waals surface area contributed by atoms with Crippen molar-refractivity contribution in [3.63, 3.8) is 0 Å². The number of imide groups is 2. The van der Waals surface area contributed by atoms with E-state index >= 15 is 4.39 Å². The lowest BCUT2D eigenvalue weighted by Crippen LogP contribution is -2.54. The molecule has 6 amide bonds. The van der Waals surface area contributed by atoms with Gasteiger partial charge in [0.2, 0.25) is 29.6 Å². The average Bonchev–Trinajstić information content (AvgIpc) is 3.52. The molecule has 64 heavy (non-hydrogen) atoms. The number of hydrogen-bond donors (Lipinski definition) is 4. The van der Waals surface area contributed by atoms with Crippen LogP contribution in [-0.4, -0.2) is 151 Å². The second-order valence-electron chi connectivity index (χ2n) is 15.3. The lowest BCUT2D eigenvalue weighted by atomic mass is 10.0. The van der Waals surface area contributed by atoms with Crippen LogP contribution >= 0.6 is 11.6 Å². The van der Waals surface area contributed by atoms with E-state index < -0.39 is 52.6 Å². The van der Waals surface area contributed by atoms with Crippen LogP contribution in [0.4, 0.5) is 26.2 Å². The molecule has 0 bridgehead atoms. The van der Waals surface area contributed by atoms with Crippen molar-refractivity contribution < 1.29 is 52.1 Å². The minimum atomic E-state index is -1.06. The first-order chi connectivity index (χ1) is 30.7. The summed E-state index contributed by atoms with van der Waals surface area (Å²) in [6.07, 6.45) is 0.113. The summed E-state index contributed by atoms with van der Waals surface area (Å²) in [5, 5.41) is 18.8. The molecule has 0 spiro atoms. The number of aromatic nitrogens is 2. The molecule has 0 radical (unpaired) electrons. The third-order valence-electron chi connectivity index (χ3n) is 11.1. The number of piperazine rings is 1. The van der Waals surface area contributed by atoms with E-state index in [0.717, 1.165) is 11.0 Å². The summed E-state index contributed by atoms with van der Waals surface area (Å²) in [7, 11) is 1.63. The zero-order valence-corrected chi connectivity index (χ0v) is 35.8. The highest BCUT2D eigenvalue weighted by molar-refractivity contribution is 6.34. The van der Waals surface area contributed by atoms with Crippen molar-refractivity contribution in [3.8, 4) is 16.9 Å². The molecule has 3 aliphatic heterocycles. The van der Waals surface area contributed by atoms with Crippen LogP contribution in [0.5, 0.6) is 5.75 Å². The molecule has 7 rings (SSSR count). The Kier molecular flexibility index (Phi) is 14.2. The van der Waals surface area contributed by atoms with Gasteiger partial charge in [-0.25, -0.2) is 13.8 Å². The van der Waals surface area contributed by atoms with Crippen molar-refractivity contribution >= 4 is 75.4 Å². The molecular weight excluding hydrogens is 860 g/mol. The number of carbonyl (C=O) groups excluding carboxylic acids is 6. The Bertz CT molecular complexity index is 2490. The number of halogens is 3. The molecule has 4 aromatic rings. The van der Waals surface area contributed by atoms with Gasteiger partial charge in [-0.15, -0.1) is 0 Å². The molecule has 4 heterocycles. The molecule has 3 aliphatic rings. The van der Waals surface area contributed by atoms with Gasteiger partial charge in [-0.1, -0.05) is 23.7 Å². The van der Waals surface area contributed by atoms with E-state index in [1.165, 1.54) is 36.1 Å². The highest BCUT2D eigenvalue weighted by Gasteiger charge is 2.45. The van der Waals surface area contributed by atoms with Crippen LogP contribution in [0.25, 0.3) is 22.0 Å². The number of piperidine rings is 1. The smallest absolute Gasteiger partial charge is 0.264 e. The predicted octanol–water partition coefficient (Wildman–Crippen LogP) is 3.41. The number of phenols is 1. The molecule has 18 nitrogen and oxygen atoms in total. The van der Waals surface area contributed by atoms with Gasteiger partial charge >= 0.3 is 0 Å². The fraction of sp³-hybridized carbons (Fsp3) is 0.395. The number of hydrogen-bond acceptors (Lipinski definition) is 14. The van der Waals surface area contributed by atoms with Crippen LogP contribution in [0.1, 0.15) is 46.9 Å². The van der Waals surface area contributed by atoms with Gasteiger partial charge in [-0.05, 0) is 36.8 Å². The monoisotopic (exact) mass is 905 g/mol. The predicted molar refractivity (Wildman–Crippen MR) is 230 cm³/mol. The van der Waals surface area contributed by atoms with Gasteiger partial charge in [0.25, 0.3) is 11.8 Å². The first-order valence-corrected chi connectivity index (χ1v) is 21.0. The van der Waals surface area contributed by atoms with E-state index in [1.54, 1.807) is 24.1 Å². The standard InChI is InChI=1S/C43H46ClF2N9O9/c1-24(56)53-14-16-54(17-15-53)39-26-23-27(44)35(36-28(45)6-4-8-31(36)57)37(46)38(26)50-43(51-39)48-12-11-33(59)52(2)18-20-64-22-21-63-19-13-47-29-7-3-5-25-34(29)42(62)55(41(25)61)30-9-10-32(58)49-40(30)60/h3-8,23,30,47,57H,9-22H2,1-2H3,(H,48,50,51)(H,49,58,60). The number of amides is 6. The molecule has 21 heteroatoms. The largest absolute Gasteiger partial charge is 0.507 e. The van der Waals surface area contributed by atoms with Crippen molar-refractivity contribution in [1.29, 1.82) is 0 Å². The molecule has 2 saturated heterocycles. The van der Waals surface area contributed by atoms with Crippen LogP contribution in [0.15, 0.2) is 42.5 Å². The molecule has 4 N–H and O–H groups in total. The van der Waals surface area contributed by atoms with Crippen LogP contribution in [0.2, 0.25) is 5.02 Å². The normalized spacial score (nSPS) is 16.3. The van der Waals surface area contributed by atoms with Crippen molar-refractivity contribution in [2.45, 2.75) is 32.2 Å². The van der Waals surface area contributed by atoms with E-state index in [4.69, 9.17) is 21.1 Å².